The van der Waals surface area contributed by atoms with Crippen LogP contribution in [0.3, 0.4) is 0 Å². The van der Waals surface area contributed by atoms with E-state index in [1.165, 1.54) is 6.21 Å². The second-order valence-corrected chi connectivity index (χ2v) is 4.07. The quantitative estimate of drug-likeness (QED) is 0.615. The molecule has 0 atom stereocenters. The number of nitrogens with zero attached hydrogens (tertiary/aromatic N) is 2. The maximum atomic E-state index is 11.7. The Kier molecular flexibility index (Phi) is 4.43. The summed E-state index contributed by atoms with van der Waals surface area (Å²) in [5, 5.41) is 7.51. The molecule has 1 heterocycles. The molecule has 1 aromatic rings. The molecule has 0 saturated carbocycles. The van der Waals surface area contributed by atoms with E-state index in [-0.39, 0.29) is 18.0 Å². The maximum Gasteiger partial charge on any atom is 0.287 e. The van der Waals surface area contributed by atoms with Gasteiger partial charge in [0, 0.05) is 12.8 Å². The Morgan fingerprint density at radius 2 is 2.35 bits per heavy atom. The van der Waals surface area contributed by atoms with Crippen LogP contribution in [-0.4, -0.2) is 30.9 Å². The highest BCUT2D eigenvalue weighted by atomic mass is 16.5. The van der Waals surface area contributed by atoms with Gasteiger partial charge in [0.25, 0.3) is 5.91 Å². The van der Waals surface area contributed by atoms with Crippen molar-refractivity contribution >= 4 is 23.7 Å². The number of benzene rings is 1. The molecule has 0 saturated heterocycles. The van der Waals surface area contributed by atoms with Crippen LogP contribution in [0.5, 0.6) is 5.75 Å². The number of methoxy groups -OCH3 is 1. The van der Waals surface area contributed by atoms with Crippen LogP contribution in [0.2, 0.25) is 0 Å². The topological polar surface area (TPSA) is 92.2 Å². The molecular weight excluding hydrogens is 260 g/mol. The minimum Gasteiger partial charge on any atom is -0.497 e. The summed E-state index contributed by atoms with van der Waals surface area (Å²) in [6.07, 6.45) is 2.07. The molecule has 104 valence electrons. The fourth-order valence-electron chi connectivity index (χ4n) is 1.59. The molecule has 1 aliphatic rings. The lowest BCUT2D eigenvalue weighted by atomic mass is 10.2. The average Bonchev–Trinajstić information content (AvgIpc) is 2.48. The minimum absolute atomic E-state index is 0.193. The summed E-state index contributed by atoms with van der Waals surface area (Å²) in [5.41, 5.74) is 5.67. The first-order chi connectivity index (χ1) is 9.69. The molecule has 2 amide bonds. The highest BCUT2D eigenvalue weighted by molar-refractivity contribution is 6.39. The maximum absolute atomic E-state index is 11.7. The molecule has 0 fully saturated rings. The van der Waals surface area contributed by atoms with Crippen molar-refractivity contribution in [3.63, 3.8) is 0 Å². The number of carbonyl (C=O) groups excluding carboxylic acids is 2. The van der Waals surface area contributed by atoms with Crippen LogP contribution in [0.15, 0.2) is 34.5 Å². The number of carbonyl (C=O) groups is 2. The number of rotatable bonds is 4. The van der Waals surface area contributed by atoms with Crippen LogP contribution in [0.4, 0.5) is 0 Å². The van der Waals surface area contributed by atoms with Crippen molar-refractivity contribution in [3.8, 4) is 5.75 Å². The molecule has 1 aromatic carbocycles. The average molecular weight is 274 g/mol. The summed E-state index contributed by atoms with van der Waals surface area (Å²) < 4.78 is 5.08. The van der Waals surface area contributed by atoms with E-state index < -0.39 is 5.91 Å². The van der Waals surface area contributed by atoms with Crippen molar-refractivity contribution in [1.29, 1.82) is 0 Å². The van der Waals surface area contributed by atoms with Crippen molar-refractivity contribution in [1.82, 2.24) is 10.9 Å². The van der Waals surface area contributed by atoms with E-state index in [4.69, 9.17) is 4.74 Å². The van der Waals surface area contributed by atoms with E-state index in [1.54, 1.807) is 13.2 Å². The monoisotopic (exact) mass is 274 g/mol. The van der Waals surface area contributed by atoms with Gasteiger partial charge in [0.2, 0.25) is 5.91 Å². The van der Waals surface area contributed by atoms with Gasteiger partial charge in [0.1, 0.15) is 11.5 Å². The molecule has 0 bridgehead atoms. The normalized spacial score (nSPS) is 14.7. The van der Waals surface area contributed by atoms with Crippen molar-refractivity contribution in [3.05, 3.63) is 29.8 Å². The van der Waals surface area contributed by atoms with Crippen LogP contribution in [0.1, 0.15) is 18.4 Å². The zero-order chi connectivity index (χ0) is 14.4. The molecule has 0 aliphatic carbocycles. The molecule has 0 aromatic heterocycles. The zero-order valence-corrected chi connectivity index (χ0v) is 10.9. The van der Waals surface area contributed by atoms with E-state index in [0.29, 0.717) is 12.2 Å². The van der Waals surface area contributed by atoms with Crippen LogP contribution in [0, 0.1) is 0 Å². The largest absolute Gasteiger partial charge is 0.497 e. The van der Waals surface area contributed by atoms with Gasteiger partial charge in [-0.25, -0.2) is 10.9 Å². The van der Waals surface area contributed by atoms with Gasteiger partial charge in [0.15, 0.2) is 0 Å². The third-order valence-corrected chi connectivity index (χ3v) is 2.64. The fraction of sp³-hybridized carbons (Fsp3) is 0.231. The lowest BCUT2D eigenvalue weighted by Crippen LogP contribution is -2.34. The van der Waals surface area contributed by atoms with Crippen molar-refractivity contribution < 1.29 is 14.3 Å². The third kappa shape index (κ3) is 3.64. The lowest BCUT2D eigenvalue weighted by Gasteiger charge is -2.09. The Balaban J connectivity index is 1.92. The Morgan fingerprint density at radius 3 is 3.05 bits per heavy atom. The molecule has 2 rings (SSSR count). The fourth-order valence-corrected chi connectivity index (χ4v) is 1.59. The van der Waals surface area contributed by atoms with E-state index >= 15 is 0 Å². The molecule has 20 heavy (non-hydrogen) atoms. The van der Waals surface area contributed by atoms with Crippen molar-refractivity contribution in [2.75, 3.05) is 7.11 Å². The predicted octanol–water partition coefficient (Wildman–Crippen LogP) is 0.411. The first-order valence-electron chi connectivity index (χ1n) is 6.02. The second-order valence-electron chi connectivity index (χ2n) is 4.07. The predicted molar refractivity (Wildman–Crippen MR) is 73.5 cm³/mol. The number of hydrogen-bond donors (Lipinski definition) is 2. The summed E-state index contributed by atoms with van der Waals surface area (Å²) in [5.74, 6) is 0.0882. The number of nitrogens with one attached hydrogen (secondary N) is 2. The first kappa shape index (κ1) is 13.7. The van der Waals surface area contributed by atoms with Gasteiger partial charge in [-0.15, -0.1) is 0 Å². The number of amides is 2. The number of ether oxygens (including phenoxy) is 1. The highest BCUT2D eigenvalue weighted by Gasteiger charge is 2.17. The minimum atomic E-state index is -0.427. The van der Waals surface area contributed by atoms with Gasteiger partial charge in [0.05, 0.1) is 13.3 Å². The molecule has 0 radical (unpaired) electrons. The summed E-state index contributed by atoms with van der Waals surface area (Å²) in [6, 6.07) is 7.25. The van der Waals surface area contributed by atoms with Gasteiger partial charge in [-0.3, -0.25) is 9.59 Å². The molecule has 2 N–H and O–H groups in total. The summed E-state index contributed by atoms with van der Waals surface area (Å²) in [4.78, 5) is 22.6. The first-order valence-corrected chi connectivity index (χ1v) is 6.02. The van der Waals surface area contributed by atoms with Gasteiger partial charge >= 0.3 is 0 Å². The number of hydrazone groups is 2. The van der Waals surface area contributed by atoms with Gasteiger partial charge in [-0.05, 0) is 17.7 Å². The van der Waals surface area contributed by atoms with Crippen molar-refractivity contribution in [2.24, 2.45) is 10.2 Å². The Labute approximate surface area is 115 Å². The SMILES string of the molecule is COc1cccc(/C=N\NC(=O)C2=NNC(=O)CC2)c1. The molecule has 1 aliphatic heterocycles. The summed E-state index contributed by atoms with van der Waals surface area (Å²) >= 11 is 0. The molecule has 0 spiro atoms. The van der Waals surface area contributed by atoms with Crippen LogP contribution in [-0.2, 0) is 9.59 Å². The van der Waals surface area contributed by atoms with Crippen LogP contribution >= 0.6 is 0 Å². The zero-order valence-electron chi connectivity index (χ0n) is 10.9. The molecule has 7 nitrogen and oxygen atoms in total. The van der Waals surface area contributed by atoms with Gasteiger partial charge in [-0.1, -0.05) is 12.1 Å². The smallest absolute Gasteiger partial charge is 0.287 e. The molecular formula is C13H14N4O3. The van der Waals surface area contributed by atoms with Gasteiger partial charge < -0.3 is 4.74 Å². The van der Waals surface area contributed by atoms with E-state index in [1.807, 2.05) is 18.2 Å². The Bertz CT molecular complexity index is 581. The second kappa shape index (κ2) is 6.46. The van der Waals surface area contributed by atoms with Crippen LogP contribution in [0.25, 0.3) is 0 Å². The van der Waals surface area contributed by atoms with Gasteiger partial charge in [-0.2, -0.15) is 10.2 Å². The lowest BCUT2D eigenvalue weighted by molar-refractivity contribution is -0.121. The van der Waals surface area contributed by atoms with E-state index in [0.717, 1.165) is 5.56 Å². The third-order valence-electron chi connectivity index (χ3n) is 2.64. The van der Waals surface area contributed by atoms with E-state index in [9.17, 15) is 9.59 Å². The van der Waals surface area contributed by atoms with E-state index in [2.05, 4.69) is 21.1 Å². The standard InChI is InChI=1S/C13H14N4O3/c1-20-10-4-2-3-9(7-10)8-14-17-13(19)11-5-6-12(18)16-15-11/h2-4,7-8H,5-6H2,1H3,(H,16,18)(H,17,19)/b14-8-. The summed E-state index contributed by atoms with van der Waals surface area (Å²) in [6.45, 7) is 0. The number of hydrogen-bond acceptors (Lipinski definition) is 5. The Hall–Kier alpha value is -2.70. The molecule has 7 heteroatoms. The molecule has 0 unspecified atom stereocenters. The Morgan fingerprint density at radius 1 is 1.50 bits per heavy atom. The summed E-state index contributed by atoms with van der Waals surface area (Å²) in [7, 11) is 1.58. The highest BCUT2D eigenvalue weighted by Crippen LogP contribution is 2.10. The van der Waals surface area contributed by atoms with Crippen LogP contribution < -0.4 is 15.6 Å². The van der Waals surface area contributed by atoms with Crippen molar-refractivity contribution in [2.45, 2.75) is 12.8 Å².